The largest absolute Gasteiger partial charge is 0.395 e. The molecule has 2 aromatic heterocycles. The van der Waals surface area contributed by atoms with E-state index in [1.54, 1.807) is 0 Å². The maximum atomic E-state index is 6.52. The molecule has 3 nitrogen and oxygen atoms in total. The molecule has 3 heteroatoms. The highest BCUT2D eigenvalue weighted by Crippen LogP contribution is 2.32. The van der Waals surface area contributed by atoms with E-state index in [0.29, 0.717) is 5.69 Å². The molecule has 27 heavy (non-hydrogen) atoms. The Morgan fingerprint density at radius 2 is 0.963 bits per heavy atom. The summed E-state index contributed by atoms with van der Waals surface area (Å²) in [5.74, 6) is 0. The minimum Gasteiger partial charge on any atom is -0.395 e. The molecule has 0 spiro atoms. The van der Waals surface area contributed by atoms with Crippen LogP contribution in [0.2, 0.25) is 0 Å². The molecule has 2 N–H and O–H groups in total. The molecule has 5 rings (SSSR count). The molecule has 3 aromatic carbocycles. The first kappa shape index (κ1) is 15.5. The quantitative estimate of drug-likeness (QED) is 0.329. The third kappa shape index (κ3) is 2.70. The molecule has 0 fully saturated rings. The minimum absolute atomic E-state index is 0.623. The number of nitrogens with two attached hydrogens (primary N) is 1. The fraction of sp³-hybridized carbons (Fsp3) is 0. The molecule has 0 radical (unpaired) electrons. The SMILES string of the molecule is Nc1c2nc(-c3ccccc3)ccc2cc2ccc(-c3ccccc3)nc12. The van der Waals surface area contributed by atoms with Gasteiger partial charge in [0.25, 0.3) is 0 Å². The van der Waals surface area contributed by atoms with Gasteiger partial charge in [0.05, 0.1) is 28.1 Å². The van der Waals surface area contributed by atoms with E-state index in [2.05, 4.69) is 42.5 Å². The molecule has 2 heterocycles. The standard InChI is InChI=1S/C24H17N3/c25-22-23-18(11-13-20(26-23)16-7-3-1-4-8-16)15-19-12-14-21(27-24(19)22)17-9-5-2-6-10-17/h1-15H,25H2. The van der Waals surface area contributed by atoms with Gasteiger partial charge in [-0.2, -0.15) is 0 Å². The van der Waals surface area contributed by atoms with Crippen LogP contribution in [-0.4, -0.2) is 9.97 Å². The van der Waals surface area contributed by atoms with Crippen LogP contribution in [0, 0.1) is 0 Å². The summed E-state index contributed by atoms with van der Waals surface area (Å²) in [6.45, 7) is 0. The van der Waals surface area contributed by atoms with Gasteiger partial charge in [-0.1, -0.05) is 72.8 Å². The smallest absolute Gasteiger partial charge is 0.0961 e. The molecule has 0 amide bonds. The van der Waals surface area contributed by atoms with Crippen molar-refractivity contribution < 1.29 is 0 Å². The van der Waals surface area contributed by atoms with Gasteiger partial charge in [0.2, 0.25) is 0 Å². The molecule has 0 unspecified atom stereocenters. The third-order valence-corrected chi connectivity index (χ3v) is 4.81. The Labute approximate surface area is 157 Å². The number of nitrogens with zero attached hydrogens (tertiary/aromatic N) is 2. The number of aromatic nitrogens is 2. The van der Waals surface area contributed by atoms with Gasteiger partial charge >= 0.3 is 0 Å². The lowest BCUT2D eigenvalue weighted by Gasteiger charge is -2.10. The Bertz CT molecular complexity index is 1170. The van der Waals surface area contributed by atoms with E-state index in [9.17, 15) is 0 Å². The first-order valence-corrected chi connectivity index (χ1v) is 8.90. The van der Waals surface area contributed by atoms with E-state index in [0.717, 1.165) is 44.3 Å². The van der Waals surface area contributed by atoms with Gasteiger partial charge in [-0.3, -0.25) is 0 Å². The minimum atomic E-state index is 0.623. The van der Waals surface area contributed by atoms with E-state index in [4.69, 9.17) is 15.7 Å². The van der Waals surface area contributed by atoms with E-state index in [1.807, 2.05) is 48.5 Å². The van der Waals surface area contributed by atoms with Crippen molar-refractivity contribution in [2.75, 3.05) is 5.73 Å². The van der Waals surface area contributed by atoms with Crippen LogP contribution >= 0.6 is 0 Å². The number of rotatable bonds is 2. The zero-order valence-corrected chi connectivity index (χ0v) is 14.6. The molecule has 0 saturated carbocycles. The highest BCUT2D eigenvalue weighted by molar-refractivity contribution is 6.07. The molecule has 0 aliphatic heterocycles. The van der Waals surface area contributed by atoms with Crippen molar-refractivity contribution in [3.63, 3.8) is 0 Å². The van der Waals surface area contributed by atoms with E-state index in [1.165, 1.54) is 0 Å². The van der Waals surface area contributed by atoms with Crippen LogP contribution in [0.25, 0.3) is 44.3 Å². The van der Waals surface area contributed by atoms with Crippen LogP contribution in [0.4, 0.5) is 5.69 Å². The molecule has 0 aliphatic rings. The van der Waals surface area contributed by atoms with Crippen molar-refractivity contribution >= 4 is 27.5 Å². The van der Waals surface area contributed by atoms with Crippen LogP contribution < -0.4 is 5.73 Å². The number of hydrogen-bond donors (Lipinski definition) is 1. The fourth-order valence-electron chi connectivity index (χ4n) is 3.42. The monoisotopic (exact) mass is 347 g/mol. The van der Waals surface area contributed by atoms with Crippen LogP contribution in [0.1, 0.15) is 0 Å². The number of nitrogen functional groups attached to an aromatic ring is 1. The average Bonchev–Trinajstić information content (AvgIpc) is 2.75. The number of fused-ring (bicyclic) bond motifs is 2. The predicted molar refractivity (Wildman–Crippen MR) is 112 cm³/mol. The molecule has 0 bridgehead atoms. The molecular weight excluding hydrogens is 330 g/mol. The second-order valence-corrected chi connectivity index (χ2v) is 6.56. The summed E-state index contributed by atoms with van der Waals surface area (Å²) in [6, 6.07) is 30.6. The number of pyridine rings is 2. The molecule has 0 atom stereocenters. The topological polar surface area (TPSA) is 51.8 Å². The van der Waals surface area contributed by atoms with Crippen molar-refractivity contribution in [1.82, 2.24) is 9.97 Å². The van der Waals surface area contributed by atoms with Crippen molar-refractivity contribution in [3.05, 3.63) is 91.0 Å². The van der Waals surface area contributed by atoms with Gasteiger partial charge < -0.3 is 5.73 Å². The number of hydrogen-bond acceptors (Lipinski definition) is 3. The maximum Gasteiger partial charge on any atom is 0.0961 e. The van der Waals surface area contributed by atoms with Crippen LogP contribution in [0.3, 0.4) is 0 Å². The van der Waals surface area contributed by atoms with Crippen molar-refractivity contribution in [2.45, 2.75) is 0 Å². The Balaban J connectivity index is 1.73. The summed E-state index contributed by atoms with van der Waals surface area (Å²) >= 11 is 0. The predicted octanol–water partition coefficient (Wildman–Crippen LogP) is 5.70. The van der Waals surface area contributed by atoms with Crippen molar-refractivity contribution in [3.8, 4) is 22.5 Å². The van der Waals surface area contributed by atoms with Gasteiger partial charge in [-0.05, 0) is 18.2 Å². The lowest BCUT2D eigenvalue weighted by Crippen LogP contribution is -1.96. The maximum absolute atomic E-state index is 6.52. The van der Waals surface area contributed by atoms with Crippen molar-refractivity contribution in [2.24, 2.45) is 0 Å². The molecule has 5 aromatic rings. The normalized spacial score (nSPS) is 11.1. The van der Waals surface area contributed by atoms with E-state index < -0.39 is 0 Å². The van der Waals surface area contributed by atoms with Gasteiger partial charge in [0.15, 0.2) is 0 Å². The van der Waals surface area contributed by atoms with Crippen molar-refractivity contribution in [1.29, 1.82) is 0 Å². The van der Waals surface area contributed by atoms with E-state index in [-0.39, 0.29) is 0 Å². The Morgan fingerprint density at radius 3 is 1.41 bits per heavy atom. The van der Waals surface area contributed by atoms with Gasteiger partial charge in [0.1, 0.15) is 0 Å². The second kappa shape index (κ2) is 6.22. The Kier molecular flexibility index (Phi) is 3.58. The van der Waals surface area contributed by atoms with Crippen LogP contribution in [0.5, 0.6) is 0 Å². The second-order valence-electron chi connectivity index (χ2n) is 6.56. The zero-order valence-electron chi connectivity index (χ0n) is 14.6. The number of benzene rings is 3. The Morgan fingerprint density at radius 1 is 0.519 bits per heavy atom. The highest BCUT2D eigenvalue weighted by Gasteiger charge is 2.10. The lowest BCUT2D eigenvalue weighted by molar-refractivity contribution is 1.38. The van der Waals surface area contributed by atoms with E-state index >= 15 is 0 Å². The summed E-state index contributed by atoms with van der Waals surface area (Å²) in [6.07, 6.45) is 0. The molecule has 0 saturated heterocycles. The van der Waals surface area contributed by atoms with Gasteiger partial charge in [-0.25, -0.2) is 9.97 Å². The first-order valence-electron chi connectivity index (χ1n) is 8.90. The summed E-state index contributed by atoms with van der Waals surface area (Å²) < 4.78 is 0. The average molecular weight is 347 g/mol. The van der Waals surface area contributed by atoms with Gasteiger partial charge in [-0.15, -0.1) is 0 Å². The first-order chi connectivity index (χ1) is 13.3. The summed E-state index contributed by atoms with van der Waals surface area (Å²) in [5, 5.41) is 2.04. The summed E-state index contributed by atoms with van der Waals surface area (Å²) in [4.78, 5) is 9.67. The number of anilines is 1. The lowest BCUT2D eigenvalue weighted by atomic mass is 10.0. The third-order valence-electron chi connectivity index (χ3n) is 4.81. The molecule has 0 aliphatic carbocycles. The molecular formula is C24H17N3. The van der Waals surface area contributed by atoms with Crippen LogP contribution in [-0.2, 0) is 0 Å². The van der Waals surface area contributed by atoms with Crippen LogP contribution in [0.15, 0.2) is 91.0 Å². The molecule has 128 valence electrons. The Hall–Kier alpha value is -3.72. The zero-order chi connectivity index (χ0) is 18.2. The van der Waals surface area contributed by atoms with Gasteiger partial charge in [0, 0.05) is 21.9 Å². The highest BCUT2D eigenvalue weighted by atomic mass is 14.8. The summed E-state index contributed by atoms with van der Waals surface area (Å²) in [5.41, 5.74) is 12.7. The summed E-state index contributed by atoms with van der Waals surface area (Å²) in [7, 11) is 0. The fourth-order valence-corrected chi connectivity index (χ4v) is 3.42.